The van der Waals surface area contributed by atoms with Gasteiger partial charge in [-0.2, -0.15) is 13.2 Å². The molecular formula is C21H24F5NO2Si. The van der Waals surface area contributed by atoms with Crippen LogP contribution < -0.4 is 5.40 Å². The molecule has 0 spiro atoms. The van der Waals surface area contributed by atoms with Gasteiger partial charge in [0, 0.05) is 16.7 Å². The number of carbonyl (C=O) groups excluding carboxylic acids is 1. The third kappa shape index (κ3) is 4.89. The number of ether oxygens (including phenoxy) is 1. The van der Waals surface area contributed by atoms with Crippen molar-refractivity contribution in [1.29, 1.82) is 0 Å². The van der Waals surface area contributed by atoms with E-state index in [9.17, 15) is 22.4 Å². The van der Waals surface area contributed by atoms with E-state index in [1.807, 2.05) is 6.92 Å². The minimum atomic E-state index is -5.04. The summed E-state index contributed by atoms with van der Waals surface area (Å²) >= 11 is 0. The van der Waals surface area contributed by atoms with Crippen molar-refractivity contribution in [2.75, 3.05) is 6.61 Å². The van der Waals surface area contributed by atoms with E-state index in [0.29, 0.717) is 17.2 Å². The standard InChI is InChI=1S/C21H24F5NO2Si/c1-5-29-16(28)9-15(30-27)18-19(22)13(8-14(20(18)23)21(24,25)26)17-11(3)6-10(2)7-12(17)4/h6-8,15H,5,9,27,30H2,1-4H3/t15-/m0/s1. The van der Waals surface area contributed by atoms with Crippen molar-refractivity contribution in [2.45, 2.75) is 45.8 Å². The topological polar surface area (TPSA) is 52.3 Å². The van der Waals surface area contributed by atoms with Crippen molar-refractivity contribution < 1.29 is 31.5 Å². The summed E-state index contributed by atoms with van der Waals surface area (Å²) < 4.78 is 76.0. The van der Waals surface area contributed by atoms with Gasteiger partial charge < -0.3 is 10.1 Å². The second-order valence-corrected chi connectivity index (χ2v) is 8.68. The Morgan fingerprint density at radius 2 is 1.67 bits per heavy atom. The maximum Gasteiger partial charge on any atom is 0.419 e. The molecule has 2 aromatic rings. The molecule has 0 saturated heterocycles. The number of aryl methyl sites for hydroxylation is 3. The third-order valence-corrected chi connectivity index (χ3v) is 6.16. The zero-order valence-corrected chi connectivity index (χ0v) is 18.6. The molecule has 164 valence electrons. The summed E-state index contributed by atoms with van der Waals surface area (Å²) in [6.45, 7) is 6.71. The second kappa shape index (κ2) is 9.26. The molecule has 0 saturated carbocycles. The summed E-state index contributed by atoms with van der Waals surface area (Å²) in [6.07, 6.45) is -5.52. The number of benzene rings is 2. The van der Waals surface area contributed by atoms with Crippen LogP contribution >= 0.6 is 0 Å². The van der Waals surface area contributed by atoms with Crippen LogP contribution in [0.15, 0.2) is 18.2 Å². The van der Waals surface area contributed by atoms with Gasteiger partial charge in [-0.15, -0.1) is 0 Å². The van der Waals surface area contributed by atoms with Crippen molar-refractivity contribution in [3.8, 4) is 11.1 Å². The number of hydrogen-bond acceptors (Lipinski definition) is 3. The van der Waals surface area contributed by atoms with Gasteiger partial charge in [0.05, 0.1) is 28.3 Å². The molecule has 0 aliphatic rings. The van der Waals surface area contributed by atoms with E-state index in [1.54, 1.807) is 32.9 Å². The highest BCUT2D eigenvalue weighted by Gasteiger charge is 2.39. The Balaban J connectivity index is 2.83. The van der Waals surface area contributed by atoms with Crippen LogP contribution in [0.4, 0.5) is 22.0 Å². The summed E-state index contributed by atoms with van der Waals surface area (Å²) in [7, 11) is -1.80. The number of nitrogens with two attached hydrogens (primary N) is 1. The highest BCUT2D eigenvalue weighted by atomic mass is 28.2. The lowest BCUT2D eigenvalue weighted by molar-refractivity contribution is -0.143. The molecule has 30 heavy (non-hydrogen) atoms. The molecule has 1 atom stereocenters. The fraction of sp³-hybridized carbons (Fsp3) is 0.381. The van der Waals surface area contributed by atoms with Crippen molar-refractivity contribution in [2.24, 2.45) is 5.40 Å². The normalized spacial score (nSPS) is 13.1. The van der Waals surface area contributed by atoms with E-state index in [1.165, 1.54) is 0 Å². The Labute approximate surface area is 174 Å². The highest BCUT2D eigenvalue weighted by Crippen LogP contribution is 2.42. The lowest BCUT2D eigenvalue weighted by atomic mass is 9.89. The largest absolute Gasteiger partial charge is 0.466 e. The Hall–Kier alpha value is -2.26. The van der Waals surface area contributed by atoms with Gasteiger partial charge in [0.1, 0.15) is 11.6 Å². The number of halogens is 5. The van der Waals surface area contributed by atoms with E-state index in [2.05, 4.69) is 0 Å². The van der Waals surface area contributed by atoms with Gasteiger partial charge in [0.15, 0.2) is 0 Å². The predicted octanol–water partition coefficient (Wildman–Crippen LogP) is 4.61. The third-order valence-electron chi connectivity index (χ3n) is 4.90. The first-order valence-electron chi connectivity index (χ1n) is 9.45. The average molecular weight is 446 g/mol. The van der Waals surface area contributed by atoms with Gasteiger partial charge in [-0.05, 0) is 50.5 Å². The minimum absolute atomic E-state index is 0.0399. The smallest absolute Gasteiger partial charge is 0.419 e. The molecule has 2 aromatic carbocycles. The Bertz CT molecular complexity index is 936. The lowest BCUT2D eigenvalue weighted by Crippen LogP contribution is -2.25. The monoisotopic (exact) mass is 445 g/mol. The second-order valence-electron chi connectivity index (χ2n) is 7.23. The molecule has 0 bridgehead atoms. The van der Waals surface area contributed by atoms with Crippen LogP contribution in [0.2, 0.25) is 0 Å². The molecule has 0 heterocycles. The Kier molecular flexibility index (Phi) is 7.41. The van der Waals surface area contributed by atoms with Crippen LogP contribution in [0.25, 0.3) is 11.1 Å². The molecule has 2 rings (SSSR count). The molecule has 0 aromatic heterocycles. The highest BCUT2D eigenvalue weighted by molar-refractivity contribution is 6.34. The molecule has 0 unspecified atom stereocenters. The van der Waals surface area contributed by atoms with Gasteiger partial charge in [0.25, 0.3) is 0 Å². The van der Waals surface area contributed by atoms with E-state index in [0.717, 1.165) is 5.56 Å². The predicted molar refractivity (Wildman–Crippen MR) is 108 cm³/mol. The first-order valence-corrected chi connectivity index (χ1v) is 11.1. The summed E-state index contributed by atoms with van der Waals surface area (Å²) in [5, 5.41) is 5.73. The fourth-order valence-corrected chi connectivity index (χ4v) is 4.73. The summed E-state index contributed by atoms with van der Waals surface area (Å²) in [4.78, 5) is 11.9. The summed E-state index contributed by atoms with van der Waals surface area (Å²) in [6, 6.07) is 3.93. The number of esters is 1. The van der Waals surface area contributed by atoms with Crippen molar-refractivity contribution in [3.63, 3.8) is 0 Å². The van der Waals surface area contributed by atoms with Gasteiger partial charge >= 0.3 is 12.1 Å². The zero-order valence-electron chi connectivity index (χ0n) is 17.2. The Morgan fingerprint density at radius 1 is 1.10 bits per heavy atom. The number of rotatable bonds is 6. The van der Waals surface area contributed by atoms with Crippen molar-refractivity contribution in [3.05, 3.63) is 57.7 Å². The molecule has 2 N–H and O–H groups in total. The van der Waals surface area contributed by atoms with E-state index in [-0.39, 0.29) is 17.7 Å². The molecule has 3 nitrogen and oxygen atoms in total. The maximum absolute atomic E-state index is 15.5. The fourth-order valence-electron chi connectivity index (χ4n) is 3.73. The van der Waals surface area contributed by atoms with Crippen molar-refractivity contribution >= 4 is 15.7 Å². The van der Waals surface area contributed by atoms with Crippen LogP contribution in [0.3, 0.4) is 0 Å². The molecule has 0 aliphatic heterocycles. The molecule has 0 fully saturated rings. The maximum atomic E-state index is 15.5. The molecule has 0 radical (unpaired) electrons. The molecule has 9 heteroatoms. The van der Waals surface area contributed by atoms with Crippen LogP contribution in [0, 0.1) is 32.4 Å². The summed E-state index contributed by atoms with van der Waals surface area (Å²) in [5.74, 6) is -3.61. The minimum Gasteiger partial charge on any atom is -0.466 e. The van der Waals surface area contributed by atoms with Gasteiger partial charge in [0.2, 0.25) is 0 Å². The average Bonchev–Trinajstić information content (AvgIpc) is 2.60. The van der Waals surface area contributed by atoms with Crippen LogP contribution in [-0.2, 0) is 15.7 Å². The number of alkyl halides is 3. The number of hydrogen-bond donors (Lipinski definition) is 1. The summed E-state index contributed by atoms with van der Waals surface area (Å²) in [5.41, 5.74) is -1.65. The number of carbonyl (C=O) groups is 1. The van der Waals surface area contributed by atoms with Gasteiger partial charge in [-0.1, -0.05) is 17.7 Å². The van der Waals surface area contributed by atoms with Gasteiger partial charge in [-0.3, -0.25) is 4.79 Å². The quantitative estimate of drug-likeness (QED) is 0.401. The first-order chi connectivity index (χ1) is 13.9. The van der Waals surface area contributed by atoms with Gasteiger partial charge in [-0.25, -0.2) is 8.78 Å². The first kappa shape index (κ1) is 24.0. The zero-order chi connectivity index (χ0) is 22.8. The van der Waals surface area contributed by atoms with E-state index < -0.39 is 56.6 Å². The van der Waals surface area contributed by atoms with Crippen LogP contribution in [0.5, 0.6) is 0 Å². The van der Waals surface area contributed by atoms with Crippen molar-refractivity contribution in [1.82, 2.24) is 0 Å². The van der Waals surface area contributed by atoms with E-state index in [4.69, 9.17) is 10.1 Å². The molecule has 0 aliphatic carbocycles. The molecule has 0 amide bonds. The van der Waals surface area contributed by atoms with Crippen LogP contribution in [-0.4, -0.2) is 22.3 Å². The molecular weight excluding hydrogens is 421 g/mol. The SMILES string of the molecule is CCOC(=O)C[C@H]([SiH2]N)c1c(F)c(-c2c(C)cc(C)cc2C)cc(C(F)(F)F)c1F. The van der Waals surface area contributed by atoms with E-state index >= 15 is 4.39 Å². The Morgan fingerprint density at radius 3 is 2.13 bits per heavy atom. The lowest BCUT2D eigenvalue weighted by Gasteiger charge is -2.22. The van der Waals surface area contributed by atoms with Crippen LogP contribution in [0.1, 0.15) is 46.7 Å².